The fraction of sp³-hybridized carbons (Fsp3) is 0.386. The second-order valence-electron chi connectivity index (χ2n) is 34.4. The number of benzene rings is 8. The van der Waals surface area contributed by atoms with Crippen molar-refractivity contribution in [2.24, 2.45) is 11.5 Å². The number of imidazole rings is 1. The largest absolute Gasteiger partial charge is 0.494 e. The summed E-state index contributed by atoms with van der Waals surface area (Å²) in [7, 11) is 0. The minimum atomic E-state index is -0.457. The van der Waals surface area contributed by atoms with Crippen molar-refractivity contribution in [2.45, 2.75) is 202 Å². The van der Waals surface area contributed by atoms with Crippen LogP contribution in [0.4, 0.5) is 23.8 Å². The number of nitrogens with one attached hydrogen (secondary N) is 5. The van der Waals surface area contributed by atoms with E-state index >= 15 is 0 Å². The van der Waals surface area contributed by atoms with E-state index in [4.69, 9.17) is 58.8 Å². The quantitative estimate of drug-likeness (QED) is 0.0106. The lowest BCUT2D eigenvalue weighted by Crippen LogP contribution is -2.19. The van der Waals surface area contributed by atoms with Gasteiger partial charge in [0.15, 0.2) is 0 Å². The average molecular weight is 1940 g/mol. The zero-order chi connectivity index (χ0) is 100. The molecule has 5 heterocycles. The first-order chi connectivity index (χ1) is 70.2. The number of H-pyrrole nitrogens is 1. The van der Waals surface area contributed by atoms with Crippen LogP contribution in [-0.2, 0) is 20.7 Å². The normalized spacial score (nSPS) is 11.1. The number of ether oxygens (including phenoxy) is 10. The minimum absolute atomic E-state index is 0.118. The van der Waals surface area contributed by atoms with Crippen molar-refractivity contribution in [2.75, 3.05) is 107 Å². The summed E-state index contributed by atoms with van der Waals surface area (Å²) < 4.78 is 58.5. The highest BCUT2D eigenvalue weighted by Crippen LogP contribution is 2.43. The van der Waals surface area contributed by atoms with E-state index in [1.54, 1.807) is 24.5 Å². The van der Waals surface area contributed by atoms with Crippen molar-refractivity contribution in [1.29, 1.82) is 0 Å². The van der Waals surface area contributed by atoms with E-state index < -0.39 is 5.97 Å². The van der Waals surface area contributed by atoms with Crippen molar-refractivity contribution >= 4 is 41.6 Å². The average Bonchev–Trinajstić information content (AvgIpc) is 1.61. The number of carbonyl (C=O) groups excluding carboxylic acids is 3. The van der Waals surface area contributed by atoms with Crippen LogP contribution >= 0.6 is 0 Å². The molecule has 0 unspecified atom stereocenters. The van der Waals surface area contributed by atoms with Gasteiger partial charge in [-0.2, -0.15) is 29.9 Å². The van der Waals surface area contributed by atoms with Crippen molar-refractivity contribution in [3.05, 3.63) is 266 Å². The van der Waals surface area contributed by atoms with Gasteiger partial charge in [0.25, 0.3) is 0 Å². The van der Waals surface area contributed by atoms with Gasteiger partial charge in [-0.05, 0) is 192 Å². The fourth-order valence-corrected chi connectivity index (χ4v) is 15.2. The summed E-state index contributed by atoms with van der Waals surface area (Å²) in [5, 5.41) is 11.1. The molecule has 0 spiro atoms. The van der Waals surface area contributed by atoms with E-state index in [1.807, 2.05) is 121 Å². The Kier molecular flexibility index (Phi) is 48.3. The topological polar surface area (TPSA) is 375 Å². The number of nitrogens with zero attached hydrogens (tertiary/aromatic N) is 9. The summed E-state index contributed by atoms with van der Waals surface area (Å²) in [4.78, 5) is 75.6. The summed E-state index contributed by atoms with van der Waals surface area (Å²) in [6, 6.07) is 72.9. The molecule has 0 saturated heterocycles. The smallest absolute Gasteiger partial charge is 0.361 e. The maximum absolute atomic E-state index is 11.9. The number of aryl methyl sites for hydroxylation is 1. The van der Waals surface area contributed by atoms with Gasteiger partial charge in [0, 0.05) is 82.8 Å². The van der Waals surface area contributed by atoms with Crippen LogP contribution in [0.2, 0.25) is 0 Å². The third-order valence-corrected chi connectivity index (χ3v) is 22.8. The number of esters is 1. The molecule has 143 heavy (non-hydrogen) atoms. The van der Waals surface area contributed by atoms with Gasteiger partial charge in [-0.25, -0.2) is 9.78 Å². The van der Waals surface area contributed by atoms with Gasteiger partial charge in [-0.1, -0.05) is 233 Å². The molecule has 14 rings (SSSR count). The zero-order valence-electron chi connectivity index (χ0n) is 83.8. The Morgan fingerprint density at radius 2 is 0.629 bits per heavy atom. The van der Waals surface area contributed by atoms with E-state index in [2.05, 4.69) is 184 Å². The molecule has 0 radical (unpaired) electrons. The molecule has 1 aliphatic rings. The SMILES string of the molecule is CCCCCCCOc1ccc(-c2ccc(OC(=O)c3cnc[nH]3)cc2)cc1.CCCCCCCOc1ccc(-c2ccc(OCCCOC3c4cccnc4-c4ncccc43)cc2)cc1.CCCCCCCOc1ccc(-c2ccc(OCCCOc3nc(NCCN)nc(NCCN)n3)cc2)cc1.CCCCCCOc1ccc(-c2ccc(OCCCCc3nc(NC(C)=O)nc(NC(C)=O)n3)cc2)cc1. The van der Waals surface area contributed by atoms with Crippen molar-refractivity contribution in [1.82, 2.24) is 49.8 Å². The number of rotatable bonds is 59. The number of pyridine rings is 2. The number of aromatic amines is 1. The van der Waals surface area contributed by atoms with Crippen molar-refractivity contribution in [3.8, 4) is 108 Å². The van der Waals surface area contributed by atoms with E-state index in [1.165, 1.54) is 128 Å². The first-order valence-corrected chi connectivity index (χ1v) is 50.7. The molecule has 756 valence electrons. The Morgan fingerprint density at radius 3 is 0.951 bits per heavy atom. The van der Waals surface area contributed by atoms with Gasteiger partial charge >= 0.3 is 12.0 Å². The molecule has 2 amide bonds. The van der Waals surface area contributed by atoms with E-state index in [-0.39, 0.29) is 35.8 Å². The number of hydrogen-bond donors (Lipinski definition) is 7. The predicted octanol–water partition coefficient (Wildman–Crippen LogP) is 24.0. The van der Waals surface area contributed by atoms with Gasteiger partial charge in [-0.15, -0.1) is 0 Å². The molecule has 9 N–H and O–H groups in total. The van der Waals surface area contributed by atoms with Crippen molar-refractivity contribution < 1.29 is 61.8 Å². The molecule has 1 aliphatic carbocycles. The van der Waals surface area contributed by atoms with Gasteiger partial charge < -0.3 is 74.5 Å². The Hall–Kier alpha value is -14.4. The summed E-state index contributed by atoms with van der Waals surface area (Å²) >= 11 is 0. The van der Waals surface area contributed by atoms with Crippen LogP contribution in [0, 0.1) is 0 Å². The van der Waals surface area contributed by atoms with Crippen LogP contribution in [0.3, 0.4) is 0 Å². The fourth-order valence-electron chi connectivity index (χ4n) is 15.2. The second kappa shape index (κ2) is 63.4. The molecule has 0 aliphatic heterocycles. The first-order valence-electron chi connectivity index (χ1n) is 50.7. The highest BCUT2D eigenvalue weighted by atomic mass is 16.5. The summed E-state index contributed by atoms with van der Waals surface area (Å²) in [5.41, 5.74) is 24.4. The Bertz CT molecular complexity index is 5670. The second-order valence-corrected chi connectivity index (χ2v) is 34.4. The molecule has 13 aromatic rings. The number of nitrogens with two attached hydrogens (primary N) is 2. The number of anilines is 4. The minimum Gasteiger partial charge on any atom is -0.494 e. The maximum atomic E-state index is 11.9. The monoisotopic (exact) mass is 1940 g/mol. The van der Waals surface area contributed by atoms with Gasteiger partial charge in [0.2, 0.25) is 35.6 Å². The molecule has 5 aromatic heterocycles. The van der Waals surface area contributed by atoms with Gasteiger partial charge in [0.05, 0.1) is 83.4 Å². The lowest BCUT2D eigenvalue weighted by molar-refractivity contribution is -0.115. The molecule has 0 bridgehead atoms. The summed E-state index contributed by atoms with van der Waals surface area (Å²) in [6.07, 6.45) is 33.3. The van der Waals surface area contributed by atoms with Crippen LogP contribution in [0.25, 0.3) is 55.9 Å². The van der Waals surface area contributed by atoms with Crippen molar-refractivity contribution in [3.63, 3.8) is 0 Å². The highest BCUT2D eigenvalue weighted by Gasteiger charge is 2.31. The van der Waals surface area contributed by atoms with Gasteiger partial charge in [-0.3, -0.25) is 30.2 Å². The summed E-state index contributed by atoms with van der Waals surface area (Å²) in [6.45, 7) is 19.4. The third-order valence-electron chi connectivity index (χ3n) is 22.8. The third kappa shape index (κ3) is 39.5. The number of fused-ring (bicyclic) bond motifs is 3. The van der Waals surface area contributed by atoms with Crippen LogP contribution in [0.15, 0.2) is 243 Å². The lowest BCUT2D eigenvalue weighted by Gasteiger charge is -2.14. The molecule has 29 heteroatoms. The van der Waals surface area contributed by atoms with E-state index in [0.717, 1.165) is 173 Å². The predicted molar refractivity (Wildman–Crippen MR) is 566 cm³/mol. The Labute approximate surface area is 842 Å². The van der Waals surface area contributed by atoms with Crippen LogP contribution < -0.4 is 75.4 Å². The highest BCUT2D eigenvalue weighted by molar-refractivity contribution is 5.89. The van der Waals surface area contributed by atoms with Crippen LogP contribution in [-0.4, -0.2) is 153 Å². The van der Waals surface area contributed by atoms with E-state index in [9.17, 15) is 14.4 Å². The number of carbonyl (C=O) groups is 3. The molecule has 0 saturated carbocycles. The zero-order valence-corrected chi connectivity index (χ0v) is 83.8. The molecule has 8 aromatic carbocycles. The molecule has 0 atom stereocenters. The maximum Gasteiger partial charge on any atom is 0.361 e. The number of hydrogen-bond acceptors (Lipinski definition) is 26. The van der Waals surface area contributed by atoms with E-state index in [0.29, 0.717) is 101 Å². The molecular formula is C114H142N16O13. The molecular weight excluding hydrogens is 1800 g/mol. The Morgan fingerprint density at radius 1 is 0.329 bits per heavy atom. The Balaban J connectivity index is 0.000000183. The standard InChI is InChI=1S/C33H36N2O3.C29H43N7O3.C29H37N5O4.C23H26N2O3/c1-2-3-4-5-6-22-36-27-16-12-25(13-17-27)26-14-18-28(19-15-26)37-23-9-24-38-33-29-10-7-20-34-31(29)32-30(33)11-8-21-35-32;1-2-3-4-5-6-20-37-25-12-8-23(9-13-25)24-10-14-26(15-11-24)38-21-7-22-39-29-35-27(32-18-16-30)34-28(36-29)33-19-17-31;1-4-5-6-8-19-37-25-15-11-23(12-16-25)24-13-17-26(18-14-24)38-20-9-7-10-27-32-28(30-21(2)35)34-29(33-27)31-22(3)36;1-2-3-4-5-6-15-27-20-11-7-18(8-12-20)19-9-13-21(14-10-19)28-23(26)22-16-24-17-25-22/h7-8,10-21,33H,2-6,9,22-24H2,1H3;8-15H,2-7,16-22,30-31H2,1H3,(H2,32,33,34,35,36);11-18H,4-10,19-20H2,1-3H3,(H2,30,31,32,33,34,35,36);7-14,16-17H,2-6,15H2,1H3,(H,24,25). The lowest BCUT2D eigenvalue weighted by atomic mass is 10.1. The molecule has 0 fully saturated rings. The molecule has 29 nitrogen and oxygen atoms in total. The first kappa shape index (κ1) is 109. The number of amides is 2. The van der Waals surface area contributed by atoms with Gasteiger partial charge in [0.1, 0.15) is 63.6 Å². The van der Waals surface area contributed by atoms with Crippen LogP contribution in [0.5, 0.6) is 52.0 Å². The van der Waals surface area contributed by atoms with Crippen LogP contribution in [0.1, 0.15) is 223 Å². The number of unbranched alkanes of at least 4 members (excludes halogenated alkanes) is 16. The summed E-state index contributed by atoms with van der Waals surface area (Å²) in [5.74, 6) is 7.10. The number of aromatic nitrogens is 10.